The van der Waals surface area contributed by atoms with E-state index in [0.717, 1.165) is 11.3 Å². The van der Waals surface area contributed by atoms with Crippen molar-refractivity contribution in [3.05, 3.63) is 65.2 Å². The van der Waals surface area contributed by atoms with E-state index < -0.39 is 0 Å². The standard InChI is InChI=1S/C16H12N2O/c1-12(15-6-2-13(10-17)3-7-15)19-16-8-4-14(11-18)5-9-16/h2-9,12H,1H3. The van der Waals surface area contributed by atoms with E-state index in [1.54, 1.807) is 36.4 Å². The molecule has 2 aromatic carbocycles. The highest BCUT2D eigenvalue weighted by Gasteiger charge is 2.07. The highest BCUT2D eigenvalue weighted by atomic mass is 16.5. The Bertz CT molecular complexity index is 630. The second-order valence-electron chi connectivity index (χ2n) is 4.13. The van der Waals surface area contributed by atoms with E-state index in [2.05, 4.69) is 12.1 Å². The lowest BCUT2D eigenvalue weighted by atomic mass is 10.1. The molecule has 2 aromatic rings. The maximum absolute atomic E-state index is 8.74. The minimum atomic E-state index is -0.110. The molecular weight excluding hydrogens is 236 g/mol. The number of nitrogens with zero attached hydrogens (tertiary/aromatic N) is 2. The first-order valence-corrected chi connectivity index (χ1v) is 5.90. The van der Waals surface area contributed by atoms with Crippen LogP contribution in [-0.2, 0) is 0 Å². The average Bonchev–Trinajstić information content (AvgIpc) is 2.48. The fourth-order valence-corrected chi connectivity index (χ4v) is 1.71. The van der Waals surface area contributed by atoms with Crippen LogP contribution >= 0.6 is 0 Å². The molecular formula is C16H12N2O. The maximum Gasteiger partial charge on any atom is 0.121 e. The molecule has 0 radical (unpaired) electrons. The molecule has 19 heavy (non-hydrogen) atoms. The Morgan fingerprint density at radius 3 is 1.79 bits per heavy atom. The lowest BCUT2D eigenvalue weighted by Crippen LogP contribution is -2.02. The highest BCUT2D eigenvalue weighted by molar-refractivity contribution is 5.36. The Balaban J connectivity index is 2.09. The molecule has 92 valence electrons. The molecule has 0 fully saturated rings. The predicted octanol–water partition coefficient (Wildman–Crippen LogP) is 3.57. The molecule has 0 heterocycles. The second kappa shape index (κ2) is 5.71. The van der Waals surface area contributed by atoms with Gasteiger partial charge in [-0.3, -0.25) is 0 Å². The van der Waals surface area contributed by atoms with Crippen molar-refractivity contribution in [3.8, 4) is 17.9 Å². The molecule has 0 aliphatic rings. The van der Waals surface area contributed by atoms with Gasteiger partial charge >= 0.3 is 0 Å². The quantitative estimate of drug-likeness (QED) is 0.834. The molecule has 0 N–H and O–H groups in total. The molecule has 1 unspecified atom stereocenters. The van der Waals surface area contributed by atoms with Gasteiger partial charge in [0.1, 0.15) is 11.9 Å². The Morgan fingerprint density at radius 2 is 1.32 bits per heavy atom. The molecule has 0 saturated heterocycles. The Morgan fingerprint density at radius 1 is 0.842 bits per heavy atom. The number of nitriles is 2. The van der Waals surface area contributed by atoms with E-state index in [1.165, 1.54) is 0 Å². The predicted molar refractivity (Wildman–Crippen MR) is 71.4 cm³/mol. The molecule has 0 aliphatic carbocycles. The van der Waals surface area contributed by atoms with E-state index in [1.807, 2.05) is 19.1 Å². The summed E-state index contributed by atoms with van der Waals surface area (Å²) in [6, 6.07) is 18.5. The summed E-state index contributed by atoms with van der Waals surface area (Å²) in [6.45, 7) is 1.94. The average molecular weight is 248 g/mol. The molecule has 0 bridgehead atoms. The Hall–Kier alpha value is -2.78. The van der Waals surface area contributed by atoms with Crippen LogP contribution in [0.4, 0.5) is 0 Å². The largest absolute Gasteiger partial charge is 0.486 e. The Kier molecular flexibility index (Phi) is 3.81. The van der Waals surface area contributed by atoms with Crippen molar-refractivity contribution in [2.45, 2.75) is 13.0 Å². The van der Waals surface area contributed by atoms with Crippen molar-refractivity contribution >= 4 is 0 Å². The molecule has 1 atom stereocenters. The minimum Gasteiger partial charge on any atom is -0.486 e. The number of benzene rings is 2. The molecule has 3 heteroatoms. The van der Waals surface area contributed by atoms with Crippen LogP contribution in [0, 0.1) is 22.7 Å². The zero-order valence-corrected chi connectivity index (χ0v) is 10.5. The van der Waals surface area contributed by atoms with Gasteiger partial charge in [0.15, 0.2) is 0 Å². The number of hydrogen-bond donors (Lipinski definition) is 0. The molecule has 2 rings (SSSR count). The first-order chi connectivity index (χ1) is 9.22. The van der Waals surface area contributed by atoms with Crippen LogP contribution < -0.4 is 4.74 Å². The van der Waals surface area contributed by atoms with Crippen LogP contribution in [0.25, 0.3) is 0 Å². The second-order valence-corrected chi connectivity index (χ2v) is 4.13. The number of ether oxygens (including phenoxy) is 1. The van der Waals surface area contributed by atoms with Gasteiger partial charge in [-0.25, -0.2) is 0 Å². The highest BCUT2D eigenvalue weighted by Crippen LogP contribution is 2.22. The summed E-state index contributed by atoms with van der Waals surface area (Å²) in [7, 11) is 0. The number of rotatable bonds is 3. The summed E-state index contributed by atoms with van der Waals surface area (Å²) >= 11 is 0. The third kappa shape index (κ3) is 3.12. The molecule has 0 saturated carbocycles. The van der Waals surface area contributed by atoms with Gasteiger partial charge in [0.25, 0.3) is 0 Å². The van der Waals surface area contributed by atoms with Gasteiger partial charge in [-0.15, -0.1) is 0 Å². The normalized spacial score (nSPS) is 11.1. The van der Waals surface area contributed by atoms with Crippen molar-refractivity contribution in [1.29, 1.82) is 10.5 Å². The SMILES string of the molecule is CC(Oc1ccc(C#N)cc1)c1ccc(C#N)cc1. The first-order valence-electron chi connectivity index (χ1n) is 5.90. The summed E-state index contributed by atoms with van der Waals surface area (Å²) < 4.78 is 5.78. The van der Waals surface area contributed by atoms with Crippen LogP contribution in [0.2, 0.25) is 0 Å². The van der Waals surface area contributed by atoms with Crippen molar-refractivity contribution in [2.24, 2.45) is 0 Å². The van der Waals surface area contributed by atoms with Gasteiger partial charge in [0, 0.05) is 0 Å². The molecule has 0 aromatic heterocycles. The summed E-state index contributed by atoms with van der Waals surface area (Å²) in [6.07, 6.45) is -0.110. The van der Waals surface area contributed by atoms with Gasteiger partial charge in [-0.1, -0.05) is 12.1 Å². The summed E-state index contributed by atoms with van der Waals surface area (Å²) in [5.41, 5.74) is 2.25. The maximum atomic E-state index is 8.74. The van der Waals surface area contributed by atoms with Gasteiger partial charge < -0.3 is 4.74 Å². The van der Waals surface area contributed by atoms with Gasteiger partial charge in [-0.2, -0.15) is 10.5 Å². The molecule has 0 amide bonds. The van der Waals surface area contributed by atoms with E-state index >= 15 is 0 Å². The van der Waals surface area contributed by atoms with Gasteiger partial charge in [-0.05, 0) is 48.9 Å². The third-order valence-corrected chi connectivity index (χ3v) is 2.81. The lowest BCUT2D eigenvalue weighted by molar-refractivity contribution is 0.227. The zero-order valence-electron chi connectivity index (χ0n) is 10.5. The van der Waals surface area contributed by atoms with E-state index in [4.69, 9.17) is 15.3 Å². The van der Waals surface area contributed by atoms with Gasteiger partial charge in [0.05, 0.1) is 23.3 Å². The minimum absolute atomic E-state index is 0.110. The Labute approximate surface area is 112 Å². The number of hydrogen-bond acceptors (Lipinski definition) is 3. The topological polar surface area (TPSA) is 56.8 Å². The lowest BCUT2D eigenvalue weighted by Gasteiger charge is -2.15. The van der Waals surface area contributed by atoms with Crippen molar-refractivity contribution in [3.63, 3.8) is 0 Å². The van der Waals surface area contributed by atoms with Crippen LogP contribution in [0.3, 0.4) is 0 Å². The summed E-state index contributed by atoms with van der Waals surface area (Å²) in [5.74, 6) is 0.718. The summed E-state index contributed by atoms with van der Waals surface area (Å²) in [5, 5.41) is 17.5. The molecule has 0 aliphatic heterocycles. The third-order valence-electron chi connectivity index (χ3n) is 2.81. The van der Waals surface area contributed by atoms with Crippen LogP contribution in [0.15, 0.2) is 48.5 Å². The van der Waals surface area contributed by atoms with Crippen molar-refractivity contribution in [1.82, 2.24) is 0 Å². The van der Waals surface area contributed by atoms with Crippen molar-refractivity contribution in [2.75, 3.05) is 0 Å². The first kappa shape index (κ1) is 12.7. The molecule has 0 spiro atoms. The van der Waals surface area contributed by atoms with Crippen LogP contribution in [0.5, 0.6) is 5.75 Å². The fraction of sp³-hybridized carbons (Fsp3) is 0.125. The smallest absolute Gasteiger partial charge is 0.121 e. The van der Waals surface area contributed by atoms with E-state index in [0.29, 0.717) is 11.1 Å². The van der Waals surface area contributed by atoms with Crippen LogP contribution in [-0.4, -0.2) is 0 Å². The van der Waals surface area contributed by atoms with Crippen molar-refractivity contribution < 1.29 is 4.74 Å². The monoisotopic (exact) mass is 248 g/mol. The van der Waals surface area contributed by atoms with E-state index in [9.17, 15) is 0 Å². The fourth-order valence-electron chi connectivity index (χ4n) is 1.71. The zero-order chi connectivity index (χ0) is 13.7. The summed E-state index contributed by atoms with van der Waals surface area (Å²) in [4.78, 5) is 0. The van der Waals surface area contributed by atoms with Crippen LogP contribution in [0.1, 0.15) is 29.7 Å². The molecule has 3 nitrogen and oxygen atoms in total. The van der Waals surface area contributed by atoms with Gasteiger partial charge in [0.2, 0.25) is 0 Å². The van der Waals surface area contributed by atoms with E-state index in [-0.39, 0.29) is 6.10 Å².